The highest BCUT2D eigenvalue weighted by Gasteiger charge is 2.11. The molecular weight excluding hydrogens is 214 g/mol. The van der Waals surface area contributed by atoms with Gasteiger partial charge >= 0.3 is 0 Å². The van der Waals surface area contributed by atoms with Crippen LogP contribution in [0.1, 0.15) is 32.9 Å². The van der Waals surface area contributed by atoms with Gasteiger partial charge in [-0.25, -0.2) is 4.68 Å². The number of rotatable bonds is 7. The molecule has 0 bridgehead atoms. The van der Waals surface area contributed by atoms with Gasteiger partial charge in [-0.3, -0.25) is 0 Å². The zero-order valence-electron chi connectivity index (χ0n) is 11.7. The van der Waals surface area contributed by atoms with Crippen LogP contribution in [-0.2, 0) is 7.05 Å². The maximum atomic E-state index is 5.94. The first kappa shape index (κ1) is 14.0. The molecule has 0 aliphatic rings. The van der Waals surface area contributed by atoms with Gasteiger partial charge in [-0.1, -0.05) is 20.8 Å². The van der Waals surface area contributed by atoms with E-state index in [1.54, 1.807) is 4.68 Å². The van der Waals surface area contributed by atoms with Crippen molar-refractivity contribution in [3.8, 4) is 5.88 Å². The Morgan fingerprint density at radius 1 is 1.41 bits per heavy atom. The SMILES string of the molecule is CCC(CNCC(C)C)Oc1cc(C)nn1C. The molecule has 0 saturated heterocycles. The minimum absolute atomic E-state index is 0.212. The molecule has 98 valence electrons. The molecule has 1 atom stereocenters. The molecule has 1 heterocycles. The Kier molecular flexibility index (Phi) is 5.48. The highest BCUT2D eigenvalue weighted by molar-refractivity contribution is 5.14. The molecule has 1 rings (SSSR count). The highest BCUT2D eigenvalue weighted by atomic mass is 16.5. The lowest BCUT2D eigenvalue weighted by molar-refractivity contribution is 0.176. The summed E-state index contributed by atoms with van der Waals surface area (Å²) in [6, 6.07) is 1.98. The molecule has 0 saturated carbocycles. The Balaban J connectivity index is 2.43. The average Bonchev–Trinajstić information content (AvgIpc) is 2.55. The summed E-state index contributed by atoms with van der Waals surface area (Å²) in [6.45, 7) is 10.5. The monoisotopic (exact) mass is 239 g/mol. The lowest BCUT2D eigenvalue weighted by Crippen LogP contribution is -2.33. The largest absolute Gasteiger partial charge is 0.473 e. The molecular formula is C13H25N3O. The first-order chi connectivity index (χ1) is 8.02. The molecule has 0 spiro atoms. The maximum absolute atomic E-state index is 5.94. The molecule has 0 amide bonds. The third-order valence-corrected chi connectivity index (χ3v) is 2.63. The van der Waals surface area contributed by atoms with Crippen molar-refractivity contribution in [2.45, 2.75) is 40.2 Å². The summed E-state index contributed by atoms with van der Waals surface area (Å²) in [5.74, 6) is 1.52. The average molecular weight is 239 g/mol. The standard InChI is InChI=1S/C13H25N3O/c1-6-12(9-14-8-10(2)3)17-13-7-11(4)15-16(13)5/h7,10,12,14H,6,8-9H2,1-5H3. The summed E-state index contributed by atoms with van der Waals surface area (Å²) in [5.41, 5.74) is 0.993. The van der Waals surface area contributed by atoms with Crippen LogP contribution in [0, 0.1) is 12.8 Å². The predicted molar refractivity (Wildman–Crippen MR) is 70.4 cm³/mol. The number of nitrogens with one attached hydrogen (secondary N) is 1. The van der Waals surface area contributed by atoms with Gasteiger partial charge in [-0.15, -0.1) is 0 Å². The lowest BCUT2D eigenvalue weighted by Gasteiger charge is -2.18. The van der Waals surface area contributed by atoms with Gasteiger partial charge in [-0.05, 0) is 25.8 Å². The van der Waals surface area contributed by atoms with Gasteiger partial charge in [0.05, 0.1) is 5.69 Å². The fourth-order valence-corrected chi connectivity index (χ4v) is 1.67. The van der Waals surface area contributed by atoms with E-state index in [9.17, 15) is 0 Å². The zero-order valence-corrected chi connectivity index (χ0v) is 11.7. The van der Waals surface area contributed by atoms with Crippen LogP contribution in [0.2, 0.25) is 0 Å². The van der Waals surface area contributed by atoms with Crippen molar-refractivity contribution >= 4 is 0 Å². The number of hydrogen-bond donors (Lipinski definition) is 1. The lowest BCUT2D eigenvalue weighted by atomic mass is 10.2. The van der Waals surface area contributed by atoms with Crippen molar-refractivity contribution in [2.24, 2.45) is 13.0 Å². The van der Waals surface area contributed by atoms with E-state index in [0.717, 1.165) is 31.1 Å². The highest BCUT2D eigenvalue weighted by Crippen LogP contribution is 2.14. The van der Waals surface area contributed by atoms with E-state index in [-0.39, 0.29) is 6.10 Å². The van der Waals surface area contributed by atoms with Crippen molar-refractivity contribution in [1.82, 2.24) is 15.1 Å². The fraction of sp³-hybridized carbons (Fsp3) is 0.769. The summed E-state index contributed by atoms with van der Waals surface area (Å²) >= 11 is 0. The van der Waals surface area contributed by atoms with E-state index >= 15 is 0 Å². The van der Waals surface area contributed by atoms with Gasteiger partial charge in [-0.2, -0.15) is 5.10 Å². The van der Waals surface area contributed by atoms with Gasteiger partial charge < -0.3 is 10.1 Å². The predicted octanol–water partition coefficient (Wildman–Crippen LogP) is 2.13. The molecule has 17 heavy (non-hydrogen) atoms. The topological polar surface area (TPSA) is 39.1 Å². The smallest absolute Gasteiger partial charge is 0.212 e. The summed E-state index contributed by atoms with van der Waals surface area (Å²) in [5, 5.41) is 7.71. The molecule has 1 aromatic rings. The van der Waals surface area contributed by atoms with Crippen LogP contribution >= 0.6 is 0 Å². The van der Waals surface area contributed by atoms with Crippen LogP contribution in [0.5, 0.6) is 5.88 Å². The fourth-order valence-electron chi connectivity index (χ4n) is 1.67. The Hall–Kier alpha value is -1.03. The summed E-state index contributed by atoms with van der Waals surface area (Å²) in [4.78, 5) is 0. The molecule has 0 aliphatic carbocycles. The Labute approximate surface area is 104 Å². The molecule has 1 N–H and O–H groups in total. The first-order valence-corrected chi connectivity index (χ1v) is 6.41. The summed E-state index contributed by atoms with van der Waals surface area (Å²) < 4.78 is 7.73. The van der Waals surface area contributed by atoms with Crippen molar-refractivity contribution in [3.63, 3.8) is 0 Å². The maximum Gasteiger partial charge on any atom is 0.212 e. The third-order valence-electron chi connectivity index (χ3n) is 2.63. The minimum atomic E-state index is 0.212. The molecule has 0 fully saturated rings. The molecule has 0 radical (unpaired) electrons. The van der Waals surface area contributed by atoms with Crippen LogP contribution in [-0.4, -0.2) is 29.0 Å². The number of ether oxygens (including phenoxy) is 1. The summed E-state index contributed by atoms with van der Waals surface area (Å²) in [7, 11) is 1.91. The number of nitrogens with zero attached hydrogens (tertiary/aromatic N) is 2. The number of hydrogen-bond acceptors (Lipinski definition) is 3. The van der Waals surface area contributed by atoms with E-state index in [2.05, 4.69) is 31.2 Å². The Bertz CT molecular complexity index is 333. The van der Waals surface area contributed by atoms with Gasteiger partial charge in [0, 0.05) is 19.7 Å². The quantitative estimate of drug-likeness (QED) is 0.792. The Morgan fingerprint density at radius 2 is 2.12 bits per heavy atom. The van der Waals surface area contributed by atoms with E-state index in [1.807, 2.05) is 20.0 Å². The second kappa shape index (κ2) is 6.64. The first-order valence-electron chi connectivity index (χ1n) is 6.41. The van der Waals surface area contributed by atoms with Crippen molar-refractivity contribution in [1.29, 1.82) is 0 Å². The number of aryl methyl sites for hydroxylation is 2. The van der Waals surface area contributed by atoms with Crippen molar-refractivity contribution in [2.75, 3.05) is 13.1 Å². The van der Waals surface area contributed by atoms with Crippen molar-refractivity contribution in [3.05, 3.63) is 11.8 Å². The van der Waals surface area contributed by atoms with Gasteiger partial charge in [0.25, 0.3) is 0 Å². The molecule has 4 nitrogen and oxygen atoms in total. The van der Waals surface area contributed by atoms with Crippen LogP contribution in [0.15, 0.2) is 6.07 Å². The number of aromatic nitrogens is 2. The molecule has 4 heteroatoms. The van der Waals surface area contributed by atoms with Crippen LogP contribution in [0.25, 0.3) is 0 Å². The second-order valence-electron chi connectivity index (χ2n) is 4.95. The van der Waals surface area contributed by atoms with Gasteiger partial charge in [0.1, 0.15) is 6.10 Å². The molecule has 0 aliphatic heterocycles. The molecule has 1 aromatic heterocycles. The molecule has 1 unspecified atom stereocenters. The zero-order chi connectivity index (χ0) is 12.8. The van der Waals surface area contributed by atoms with E-state index in [4.69, 9.17) is 4.74 Å². The van der Waals surface area contributed by atoms with Crippen LogP contribution in [0.4, 0.5) is 0 Å². The summed E-state index contributed by atoms with van der Waals surface area (Å²) in [6.07, 6.45) is 1.21. The van der Waals surface area contributed by atoms with Gasteiger partial charge in [0.15, 0.2) is 0 Å². The second-order valence-corrected chi connectivity index (χ2v) is 4.95. The third kappa shape index (κ3) is 4.77. The minimum Gasteiger partial charge on any atom is -0.473 e. The van der Waals surface area contributed by atoms with Crippen molar-refractivity contribution < 1.29 is 4.74 Å². The van der Waals surface area contributed by atoms with Crippen LogP contribution < -0.4 is 10.1 Å². The van der Waals surface area contributed by atoms with E-state index in [0.29, 0.717) is 5.92 Å². The van der Waals surface area contributed by atoms with E-state index in [1.165, 1.54) is 0 Å². The van der Waals surface area contributed by atoms with E-state index < -0.39 is 0 Å². The molecule has 0 aromatic carbocycles. The van der Waals surface area contributed by atoms with Crippen LogP contribution in [0.3, 0.4) is 0 Å². The Morgan fingerprint density at radius 3 is 2.59 bits per heavy atom. The van der Waals surface area contributed by atoms with Gasteiger partial charge in [0.2, 0.25) is 5.88 Å². The normalized spacial score (nSPS) is 13.1.